The predicted molar refractivity (Wildman–Crippen MR) is 155 cm³/mol. The highest BCUT2D eigenvalue weighted by Crippen LogP contribution is 2.37. The van der Waals surface area contributed by atoms with Gasteiger partial charge < -0.3 is 14.4 Å². The summed E-state index contributed by atoms with van der Waals surface area (Å²) in [6.45, 7) is 9.18. The lowest BCUT2D eigenvalue weighted by atomic mass is 9.94. The van der Waals surface area contributed by atoms with Gasteiger partial charge >= 0.3 is 0 Å². The van der Waals surface area contributed by atoms with Gasteiger partial charge in [0.15, 0.2) is 16.3 Å². The Labute approximate surface area is 238 Å². The Morgan fingerprint density at radius 3 is 2.50 bits per heavy atom. The fraction of sp³-hybridized carbons (Fsp3) is 0.321. The summed E-state index contributed by atoms with van der Waals surface area (Å²) in [5.41, 5.74) is 2.42. The third-order valence-corrected chi connectivity index (χ3v) is 8.15. The summed E-state index contributed by atoms with van der Waals surface area (Å²) < 4.78 is 14.0. The summed E-state index contributed by atoms with van der Waals surface area (Å²) in [5, 5.41) is 0.577. The lowest BCUT2D eigenvalue weighted by molar-refractivity contribution is -0.127. The molecule has 1 amide bonds. The van der Waals surface area contributed by atoms with Crippen molar-refractivity contribution in [2.24, 2.45) is 4.99 Å². The van der Waals surface area contributed by atoms with Crippen LogP contribution in [0.1, 0.15) is 44.9 Å². The number of halogens is 2. The van der Waals surface area contributed by atoms with Gasteiger partial charge in [0, 0.05) is 18.1 Å². The molecule has 0 spiro atoms. The van der Waals surface area contributed by atoms with Crippen LogP contribution in [0.2, 0.25) is 5.02 Å². The molecule has 7 nitrogen and oxygen atoms in total. The molecule has 1 aromatic heterocycles. The molecule has 0 fully saturated rings. The number of fused-ring (bicyclic) bond motifs is 1. The number of thiazole rings is 1. The maximum atomic E-state index is 13.9. The van der Waals surface area contributed by atoms with E-state index in [1.807, 2.05) is 52.0 Å². The van der Waals surface area contributed by atoms with Crippen LogP contribution >= 0.6 is 38.9 Å². The van der Waals surface area contributed by atoms with Gasteiger partial charge in [0.25, 0.3) is 11.5 Å². The molecule has 0 bridgehead atoms. The van der Waals surface area contributed by atoms with E-state index in [2.05, 4.69) is 15.9 Å². The minimum absolute atomic E-state index is 0.133. The molecule has 4 rings (SSSR count). The SMILES string of the molecule is CCOc1cc(/C=c2/sc3n(c2=O)[C@@H](c2ccc(Cl)cc2)C(C(=O)N(CC)CC)=C(C)N=3)cc(Br)c1OC. The number of hydrogen-bond acceptors (Lipinski definition) is 6. The second-order valence-corrected chi connectivity index (χ2v) is 10.9. The summed E-state index contributed by atoms with van der Waals surface area (Å²) in [6, 6.07) is 10.3. The van der Waals surface area contributed by atoms with E-state index < -0.39 is 6.04 Å². The second kappa shape index (κ2) is 11.9. The molecule has 1 aliphatic rings. The van der Waals surface area contributed by atoms with Crippen LogP contribution in [0.15, 0.2) is 61.9 Å². The number of amides is 1. The highest BCUT2D eigenvalue weighted by Gasteiger charge is 2.34. The zero-order valence-corrected chi connectivity index (χ0v) is 25.0. The van der Waals surface area contributed by atoms with Crippen LogP contribution in [-0.2, 0) is 4.79 Å². The molecule has 0 saturated heterocycles. The van der Waals surface area contributed by atoms with Crippen LogP contribution in [0.5, 0.6) is 11.5 Å². The largest absolute Gasteiger partial charge is 0.492 e. The van der Waals surface area contributed by atoms with E-state index in [-0.39, 0.29) is 11.5 Å². The summed E-state index contributed by atoms with van der Waals surface area (Å²) in [7, 11) is 1.58. The van der Waals surface area contributed by atoms with E-state index in [1.54, 1.807) is 34.8 Å². The lowest BCUT2D eigenvalue weighted by Crippen LogP contribution is -2.43. The normalized spacial score (nSPS) is 15.2. The third-order valence-electron chi connectivity index (χ3n) is 6.32. The molecular weight excluding hydrogens is 590 g/mol. The zero-order chi connectivity index (χ0) is 27.6. The molecule has 10 heteroatoms. The number of nitrogens with zero attached hydrogens (tertiary/aromatic N) is 3. The Kier molecular flexibility index (Phi) is 8.80. The Bertz CT molecular complexity index is 1570. The third kappa shape index (κ3) is 5.32. The average Bonchev–Trinajstić information content (AvgIpc) is 3.18. The minimum Gasteiger partial charge on any atom is -0.492 e. The van der Waals surface area contributed by atoms with Crippen LogP contribution in [-0.4, -0.2) is 42.2 Å². The number of carbonyl (C=O) groups is 1. The van der Waals surface area contributed by atoms with Gasteiger partial charge in [-0.25, -0.2) is 4.99 Å². The van der Waals surface area contributed by atoms with E-state index in [1.165, 1.54) is 11.3 Å². The van der Waals surface area contributed by atoms with E-state index in [4.69, 9.17) is 26.1 Å². The van der Waals surface area contributed by atoms with Crippen LogP contribution < -0.4 is 24.4 Å². The van der Waals surface area contributed by atoms with Crippen molar-refractivity contribution in [3.05, 3.63) is 88.0 Å². The average molecular weight is 619 g/mol. The predicted octanol–water partition coefficient (Wildman–Crippen LogP) is 4.93. The minimum atomic E-state index is -0.625. The van der Waals surface area contributed by atoms with Crippen LogP contribution in [0.4, 0.5) is 0 Å². The van der Waals surface area contributed by atoms with Gasteiger partial charge in [-0.05, 0) is 85.1 Å². The number of methoxy groups -OCH3 is 1. The van der Waals surface area contributed by atoms with Crippen LogP contribution in [0, 0.1) is 0 Å². The Morgan fingerprint density at radius 1 is 1.21 bits per heavy atom. The summed E-state index contributed by atoms with van der Waals surface area (Å²) >= 11 is 11.0. The van der Waals surface area contributed by atoms with Gasteiger partial charge in [0.1, 0.15) is 0 Å². The van der Waals surface area contributed by atoms with Crippen molar-refractivity contribution in [1.82, 2.24) is 9.47 Å². The van der Waals surface area contributed by atoms with Crippen molar-refractivity contribution < 1.29 is 14.3 Å². The second-order valence-electron chi connectivity index (χ2n) is 8.58. The molecular formula is C28H29BrClN3O4S. The maximum Gasteiger partial charge on any atom is 0.271 e. The van der Waals surface area contributed by atoms with Crippen LogP contribution in [0.25, 0.3) is 6.08 Å². The number of allylic oxidation sites excluding steroid dienone is 1. The maximum absolute atomic E-state index is 13.9. The number of likely N-dealkylation sites (N-methyl/N-ethyl adjacent to an activating group) is 1. The Balaban J connectivity index is 1.94. The number of benzene rings is 2. The first-order valence-corrected chi connectivity index (χ1v) is 14.3. The number of ether oxygens (including phenoxy) is 2. The molecule has 2 heterocycles. The molecule has 38 heavy (non-hydrogen) atoms. The van der Waals surface area contributed by atoms with E-state index in [0.29, 0.717) is 61.3 Å². The highest BCUT2D eigenvalue weighted by molar-refractivity contribution is 9.10. The summed E-state index contributed by atoms with van der Waals surface area (Å²) in [5.74, 6) is 1.03. The van der Waals surface area contributed by atoms with Crippen molar-refractivity contribution in [3.8, 4) is 11.5 Å². The van der Waals surface area contributed by atoms with Crippen molar-refractivity contribution in [2.45, 2.75) is 33.7 Å². The summed E-state index contributed by atoms with van der Waals surface area (Å²) in [4.78, 5) is 34.6. The molecule has 200 valence electrons. The quantitative estimate of drug-likeness (QED) is 0.359. The molecule has 1 aliphatic heterocycles. The fourth-order valence-electron chi connectivity index (χ4n) is 4.52. The van der Waals surface area contributed by atoms with E-state index in [9.17, 15) is 9.59 Å². The molecule has 1 atom stereocenters. The zero-order valence-electron chi connectivity index (χ0n) is 21.9. The number of rotatable bonds is 8. The molecule has 0 unspecified atom stereocenters. The standard InChI is InChI=1S/C28H29BrClN3O4S/c1-6-32(7-2)27(35)23-16(4)31-28-33(24(23)18-9-11-19(30)12-10-18)26(34)22(38-28)15-17-13-20(29)25(36-5)21(14-17)37-8-3/h9-15,24H,6-8H2,1-5H3/b22-15+/t24-/m0/s1. The molecule has 2 aromatic carbocycles. The topological polar surface area (TPSA) is 73.1 Å². The number of aromatic nitrogens is 1. The highest BCUT2D eigenvalue weighted by atomic mass is 79.9. The first-order chi connectivity index (χ1) is 18.2. The van der Waals surface area contributed by atoms with Crippen molar-refractivity contribution in [3.63, 3.8) is 0 Å². The summed E-state index contributed by atoms with van der Waals surface area (Å²) in [6.07, 6.45) is 1.81. The van der Waals surface area contributed by atoms with Gasteiger partial charge in [-0.2, -0.15) is 0 Å². The van der Waals surface area contributed by atoms with E-state index >= 15 is 0 Å². The molecule has 0 saturated carbocycles. The van der Waals surface area contributed by atoms with Gasteiger partial charge in [-0.1, -0.05) is 35.1 Å². The Morgan fingerprint density at radius 2 is 1.89 bits per heavy atom. The van der Waals surface area contributed by atoms with E-state index in [0.717, 1.165) is 11.1 Å². The van der Waals surface area contributed by atoms with Gasteiger partial charge in [0.2, 0.25) is 0 Å². The molecule has 0 radical (unpaired) electrons. The smallest absolute Gasteiger partial charge is 0.271 e. The van der Waals surface area contributed by atoms with Gasteiger partial charge in [-0.15, -0.1) is 0 Å². The van der Waals surface area contributed by atoms with Crippen molar-refractivity contribution in [1.29, 1.82) is 0 Å². The molecule has 0 N–H and O–H groups in total. The fourth-order valence-corrected chi connectivity index (χ4v) is 6.31. The molecule has 3 aromatic rings. The lowest BCUT2D eigenvalue weighted by Gasteiger charge is -2.29. The van der Waals surface area contributed by atoms with Gasteiger partial charge in [0.05, 0.1) is 40.0 Å². The first kappa shape index (κ1) is 28.1. The number of carbonyl (C=O) groups excluding carboxylic acids is 1. The number of hydrogen-bond donors (Lipinski definition) is 0. The monoisotopic (exact) mass is 617 g/mol. The van der Waals surface area contributed by atoms with Crippen LogP contribution in [0.3, 0.4) is 0 Å². The first-order valence-electron chi connectivity index (χ1n) is 12.3. The van der Waals surface area contributed by atoms with Crippen molar-refractivity contribution >= 4 is 50.9 Å². The molecule has 0 aliphatic carbocycles. The van der Waals surface area contributed by atoms with Gasteiger partial charge in [-0.3, -0.25) is 14.2 Å². The van der Waals surface area contributed by atoms with Crippen molar-refractivity contribution in [2.75, 3.05) is 26.8 Å². The Hall–Kier alpha value is -2.88.